The molecule has 104 valence electrons. The molecule has 0 aromatic rings. The van der Waals surface area contributed by atoms with Crippen molar-refractivity contribution >= 4 is 0 Å². The Balaban J connectivity index is 2.88. The summed E-state index contributed by atoms with van der Waals surface area (Å²) in [6, 6.07) is 0. The van der Waals surface area contributed by atoms with Crippen molar-refractivity contribution in [2.75, 3.05) is 0 Å². The van der Waals surface area contributed by atoms with Gasteiger partial charge in [0.05, 0.1) is 0 Å². The molecule has 0 N–H and O–H groups in total. The fourth-order valence-corrected chi connectivity index (χ4v) is 3.25. The summed E-state index contributed by atoms with van der Waals surface area (Å²) in [7, 11) is 0. The van der Waals surface area contributed by atoms with E-state index in [1.54, 1.807) is 5.57 Å². The van der Waals surface area contributed by atoms with Gasteiger partial charge in [-0.2, -0.15) is 0 Å². The molecule has 0 saturated heterocycles. The Hall–Kier alpha value is -0.520. The smallest absolute Gasteiger partial charge is 0.0166 e. The third-order valence-corrected chi connectivity index (χ3v) is 4.67. The van der Waals surface area contributed by atoms with E-state index in [-0.39, 0.29) is 0 Å². The van der Waals surface area contributed by atoms with Crippen molar-refractivity contribution in [3.8, 4) is 0 Å². The molecule has 1 rings (SSSR count). The number of rotatable bonds is 6. The van der Waals surface area contributed by atoms with Gasteiger partial charge in [0.25, 0.3) is 0 Å². The van der Waals surface area contributed by atoms with Crippen LogP contribution in [0, 0.1) is 23.7 Å². The second-order valence-corrected chi connectivity index (χ2v) is 6.53. The summed E-state index contributed by atoms with van der Waals surface area (Å²) in [5.41, 5.74) is 3.12. The van der Waals surface area contributed by atoms with E-state index in [1.807, 2.05) is 0 Å². The van der Waals surface area contributed by atoms with E-state index < -0.39 is 0 Å². The van der Waals surface area contributed by atoms with E-state index in [0.29, 0.717) is 0 Å². The van der Waals surface area contributed by atoms with Crippen LogP contribution in [-0.4, -0.2) is 0 Å². The van der Waals surface area contributed by atoms with E-state index in [1.165, 1.54) is 37.7 Å². The van der Waals surface area contributed by atoms with Crippen LogP contribution in [0.4, 0.5) is 0 Å². The van der Waals surface area contributed by atoms with Crippen LogP contribution in [0.3, 0.4) is 0 Å². The molecule has 3 unspecified atom stereocenters. The maximum Gasteiger partial charge on any atom is -0.0166 e. The predicted octanol–water partition coefficient (Wildman–Crippen LogP) is 6.00. The van der Waals surface area contributed by atoms with E-state index in [2.05, 4.69) is 47.3 Å². The van der Waals surface area contributed by atoms with E-state index in [9.17, 15) is 0 Å². The summed E-state index contributed by atoms with van der Waals surface area (Å²) in [4.78, 5) is 0. The Labute approximate surface area is 115 Å². The first-order chi connectivity index (χ1) is 8.49. The fourth-order valence-electron chi connectivity index (χ4n) is 3.25. The Kier molecular flexibility index (Phi) is 6.18. The lowest BCUT2D eigenvalue weighted by molar-refractivity contribution is 0.334. The SMILES string of the molecule is C=C(C)C1CC(C(CC)CCC)=CC(C(C)C)C1. The standard InChI is InChI=1S/C18H32/c1-7-9-15(8-2)18-11-16(13(3)4)10-17(12-18)14(5)6/h12,14-17H,3,7-11H2,1-2,4-6H3. The minimum absolute atomic E-state index is 0.725. The number of allylic oxidation sites excluding steroid dienone is 3. The molecular weight excluding hydrogens is 216 g/mol. The summed E-state index contributed by atoms with van der Waals surface area (Å²) in [5, 5.41) is 0. The van der Waals surface area contributed by atoms with Crippen molar-refractivity contribution in [1.29, 1.82) is 0 Å². The first-order valence-electron chi connectivity index (χ1n) is 7.85. The van der Waals surface area contributed by atoms with Gasteiger partial charge in [0, 0.05) is 0 Å². The third-order valence-electron chi connectivity index (χ3n) is 4.67. The molecule has 0 amide bonds. The highest BCUT2D eigenvalue weighted by Gasteiger charge is 2.27. The van der Waals surface area contributed by atoms with Gasteiger partial charge in [-0.25, -0.2) is 0 Å². The van der Waals surface area contributed by atoms with Crippen molar-refractivity contribution in [1.82, 2.24) is 0 Å². The van der Waals surface area contributed by atoms with Crippen LogP contribution in [-0.2, 0) is 0 Å². The van der Waals surface area contributed by atoms with Crippen LogP contribution in [0.15, 0.2) is 23.8 Å². The van der Waals surface area contributed by atoms with Gasteiger partial charge >= 0.3 is 0 Å². The fraction of sp³-hybridized carbons (Fsp3) is 0.778. The highest BCUT2D eigenvalue weighted by molar-refractivity contribution is 5.18. The van der Waals surface area contributed by atoms with E-state index >= 15 is 0 Å². The molecule has 0 radical (unpaired) electrons. The van der Waals surface area contributed by atoms with Gasteiger partial charge < -0.3 is 0 Å². The highest BCUT2D eigenvalue weighted by Crippen LogP contribution is 2.40. The lowest BCUT2D eigenvalue weighted by atomic mass is 9.71. The number of hydrogen-bond donors (Lipinski definition) is 0. The molecule has 0 nitrogen and oxygen atoms in total. The second kappa shape index (κ2) is 7.16. The van der Waals surface area contributed by atoms with Gasteiger partial charge in [-0.15, -0.1) is 0 Å². The van der Waals surface area contributed by atoms with Gasteiger partial charge in [0.1, 0.15) is 0 Å². The molecule has 0 fully saturated rings. The van der Waals surface area contributed by atoms with Gasteiger partial charge in [0.2, 0.25) is 0 Å². The van der Waals surface area contributed by atoms with Crippen molar-refractivity contribution in [2.24, 2.45) is 23.7 Å². The van der Waals surface area contributed by atoms with Crippen LogP contribution in [0.1, 0.15) is 66.7 Å². The summed E-state index contributed by atoms with van der Waals surface area (Å²) in [6.07, 6.45) is 9.17. The molecule has 0 aromatic carbocycles. The first-order valence-corrected chi connectivity index (χ1v) is 7.85. The topological polar surface area (TPSA) is 0 Å². The zero-order valence-electron chi connectivity index (χ0n) is 13.1. The predicted molar refractivity (Wildman–Crippen MR) is 82.6 cm³/mol. The average molecular weight is 248 g/mol. The normalized spacial score (nSPS) is 26.0. The molecule has 1 aliphatic carbocycles. The van der Waals surface area contributed by atoms with Gasteiger partial charge in [-0.3, -0.25) is 0 Å². The Morgan fingerprint density at radius 3 is 2.50 bits per heavy atom. The van der Waals surface area contributed by atoms with Crippen LogP contribution in [0.25, 0.3) is 0 Å². The van der Waals surface area contributed by atoms with E-state index in [0.717, 1.165) is 23.7 Å². The quantitative estimate of drug-likeness (QED) is 0.506. The summed E-state index contributed by atoms with van der Waals surface area (Å²) in [5.74, 6) is 3.07. The molecule has 0 aliphatic heterocycles. The molecule has 18 heavy (non-hydrogen) atoms. The summed E-state index contributed by atoms with van der Waals surface area (Å²) >= 11 is 0. The molecule has 0 spiro atoms. The molecule has 1 aliphatic rings. The molecule has 0 heterocycles. The molecule has 0 heteroatoms. The third kappa shape index (κ3) is 4.00. The summed E-state index contributed by atoms with van der Waals surface area (Å²) < 4.78 is 0. The zero-order valence-corrected chi connectivity index (χ0v) is 13.1. The highest BCUT2D eigenvalue weighted by atomic mass is 14.3. The summed E-state index contributed by atoms with van der Waals surface area (Å²) in [6.45, 7) is 15.8. The number of hydrogen-bond acceptors (Lipinski definition) is 0. The first kappa shape index (κ1) is 15.5. The van der Waals surface area contributed by atoms with Crippen molar-refractivity contribution in [3.63, 3.8) is 0 Å². The maximum absolute atomic E-state index is 4.21. The van der Waals surface area contributed by atoms with Gasteiger partial charge in [0.15, 0.2) is 0 Å². The largest absolute Gasteiger partial charge is 0.0998 e. The molecule has 0 saturated carbocycles. The van der Waals surface area contributed by atoms with Crippen molar-refractivity contribution < 1.29 is 0 Å². The lowest BCUT2D eigenvalue weighted by Crippen LogP contribution is -2.22. The lowest BCUT2D eigenvalue weighted by Gasteiger charge is -2.34. The van der Waals surface area contributed by atoms with Crippen LogP contribution < -0.4 is 0 Å². The Morgan fingerprint density at radius 2 is 2.06 bits per heavy atom. The Morgan fingerprint density at radius 1 is 1.39 bits per heavy atom. The van der Waals surface area contributed by atoms with Gasteiger partial charge in [-0.1, -0.05) is 57.9 Å². The van der Waals surface area contributed by atoms with Crippen LogP contribution >= 0.6 is 0 Å². The maximum atomic E-state index is 4.21. The van der Waals surface area contributed by atoms with Crippen LogP contribution in [0.2, 0.25) is 0 Å². The average Bonchev–Trinajstić information content (AvgIpc) is 2.35. The molecule has 0 aromatic heterocycles. The minimum atomic E-state index is 0.725. The van der Waals surface area contributed by atoms with Crippen molar-refractivity contribution in [3.05, 3.63) is 23.8 Å². The van der Waals surface area contributed by atoms with Gasteiger partial charge in [-0.05, 0) is 56.3 Å². The zero-order chi connectivity index (χ0) is 13.7. The van der Waals surface area contributed by atoms with Crippen molar-refractivity contribution in [2.45, 2.75) is 66.7 Å². The second-order valence-electron chi connectivity index (χ2n) is 6.53. The monoisotopic (exact) mass is 248 g/mol. The molecular formula is C18H32. The molecule has 3 atom stereocenters. The minimum Gasteiger partial charge on any atom is -0.0998 e. The molecule has 0 bridgehead atoms. The van der Waals surface area contributed by atoms with E-state index in [4.69, 9.17) is 0 Å². The Bertz CT molecular complexity index is 295. The van der Waals surface area contributed by atoms with Crippen LogP contribution in [0.5, 0.6) is 0 Å².